The molecule has 0 unspecified atom stereocenters. The van der Waals surface area contributed by atoms with Gasteiger partial charge in [-0.2, -0.15) is 0 Å². The second-order valence-electron chi connectivity index (χ2n) is 6.82. The van der Waals surface area contributed by atoms with Gasteiger partial charge in [0.15, 0.2) is 0 Å². The van der Waals surface area contributed by atoms with E-state index in [1.807, 2.05) is 41.3 Å². The molecular weight excluding hydrogens is 340 g/mol. The number of hydrogen-bond donors (Lipinski definition) is 1. The lowest BCUT2D eigenvalue weighted by molar-refractivity contribution is 0.175. The monoisotopic (exact) mass is 368 g/mol. The number of pyridine rings is 1. The Morgan fingerprint density at radius 3 is 2.67 bits per heavy atom. The van der Waals surface area contributed by atoms with Gasteiger partial charge in [0.2, 0.25) is 0 Å². The third-order valence-electron chi connectivity index (χ3n) is 5.09. The van der Waals surface area contributed by atoms with E-state index in [0.29, 0.717) is 12.6 Å². The first-order valence-electron chi connectivity index (χ1n) is 9.52. The van der Waals surface area contributed by atoms with Crippen LogP contribution in [0.25, 0.3) is 0 Å². The largest absolute Gasteiger partial charge is 0.497 e. The zero-order valence-corrected chi connectivity index (χ0v) is 16.1. The molecule has 0 spiro atoms. The van der Waals surface area contributed by atoms with Gasteiger partial charge in [-0.15, -0.1) is 0 Å². The molecule has 2 heterocycles. The summed E-state index contributed by atoms with van der Waals surface area (Å²) in [5.41, 5.74) is 1.84. The second kappa shape index (κ2) is 9.37. The van der Waals surface area contributed by atoms with Gasteiger partial charge in [-0.25, -0.2) is 4.79 Å². The Morgan fingerprint density at radius 2 is 2.00 bits per heavy atom. The van der Waals surface area contributed by atoms with Crippen LogP contribution >= 0.6 is 0 Å². The van der Waals surface area contributed by atoms with Crippen molar-refractivity contribution in [1.82, 2.24) is 14.8 Å². The average Bonchev–Trinajstić information content (AvgIpc) is 3.16. The molecular formula is C21H28N4O2. The number of likely N-dealkylation sites (N-methyl/N-ethyl adjacent to an activating group) is 1. The number of benzene rings is 1. The predicted molar refractivity (Wildman–Crippen MR) is 107 cm³/mol. The second-order valence-corrected chi connectivity index (χ2v) is 6.82. The minimum Gasteiger partial charge on any atom is -0.497 e. The Bertz CT molecular complexity index is 721. The molecule has 2 amide bonds. The van der Waals surface area contributed by atoms with Crippen molar-refractivity contribution in [1.29, 1.82) is 0 Å². The number of amides is 2. The van der Waals surface area contributed by atoms with E-state index in [9.17, 15) is 4.79 Å². The van der Waals surface area contributed by atoms with Crippen LogP contribution in [0.3, 0.4) is 0 Å². The first kappa shape index (κ1) is 19.2. The molecule has 144 valence electrons. The first-order valence-corrected chi connectivity index (χ1v) is 9.52. The van der Waals surface area contributed by atoms with Crippen molar-refractivity contribution in [3.63, 3.8) is 0 Å². The van der Waals surface area contributed by atoms with Crippen LogP contribution in [0.15, 0.2) is 48.8 Å². The number of carbonyl (C=O) groups excluding carboxylic acids is 1. The lowest BCUT2D eigenvalue weighted by atomic mass is 10.2. The van der Waals surface area contributed by atoms with Gasteiger partial charge in [-0.05, 0) is 67.9 Å². The number of likely N-dealkylation sites (tertiary alicyclic amines) is 1. The Hall–Kier alpha value is -2.60. The highest BCUT2D eigenvalue weighted by Gasteiger charge is 2.27. The topological polar surface area (TPSA) is 57.7 Å². The van der Waals surface area contributed by atoms with Crippen molar-refractivity contribution in [2.45, 2.75) is 32.4 Å². The summed E-state index contributed by atoms with van der Waals surface area (Å²) < 4.78 is 5.18. The van der Waals surface area contributed by atoms with Crippen LogP contribution in [-0.2, 0) is 6.54 Å². The van der Waals surface area contributed by atoms with Gasteiger partial charge >= 0.3 is 6.03 Å². The third kappa shape index (κ3) is 5.20. The number of nitrogens with zero attached hydrogens (tertiary/aromatic N) is 3. The molecule has 0 bridgehead atoms. The van der Waals surface area contributed by atoms with Gasteiger partial charge in [0.1, 0.15) is 5.75 Å². The van der Waals surface area contributed by atoms with E-state index >= 15 is 0 Å². The number of nitrogens with one attached hydrogen (secondary N) is 1. The quantitative estimate of drug-likeness (QED) is 0.811. The molecule has 3 rings (SSSR count). The number of aromatic nitrogens is 1. The van der Waals surface area contributed by atoms with Gasteiger partial charge < -0.3 is 15.0 Å². The van der Waals surface area contributed by atoms with Crippen LogP contribution in [0, 0.1) is 0 Å². The number of urea groups is 1. The van der Waals surface area contributed by atoms with Crippen LogP contribution in [0.4, 0.5) is 10.5 Å². The molecule has 1 saturated heterocycles. The molecule has 1 atom stereocenters. The highest BCUT2D eigenvalue weighted by atomic mass is 16.5. The van der Waals surface area contributed by atoms with Gasteiger partial charge in [0.25, 0.3) is 0 Å². The molecule has 1 N–H and O–H groups in total. The summed E-state index contributed by atoms with van der Waals surface area (Å²) in [5.74, 6) is 0.770. The molecule has 2 aromatic rings. The highest BCUT2D eigenvalue weighted by molar-refractivity contribution is 5.89. The Labute approximate surface area is 161 Å². The van der Waals surface area contributed by atoms with Crippen molar-refractivity contribution in [3.05, 3.63) is 54.4 Å². The molecule has 0 radical (unpaired) electrons. The standard InChI is InChI=1S/C21H28N4O2/c1-3-24-14-4-5-19(24)16-25(15-17-10-12-22-13-11-17)21(26)23-18-6-8-20(27-2)9-7-18/h6-13,19H,3-5,14-16H2,1-2H3,(H,23,26)/t19-/m0/s1. The maximum absolute atomic E-state index is 13.0. The highest BCUT2D eigenvalue weighted by Crippen LogP contribution is 2.20. The fraction of sp³-hybridized carbons (Fsp3) is 0.429. The van der Waals surface area contributed by atoms with Crippen LogP contribution in [0.2, 0.25) is 0 Å². The van der Waals surface area contributed by atoms with Crippen molar-refractivity contribution in [3.8, 4) is 5.75 Å². The minimum absolute atomic E-state index is 0.0834. The Kier molecular flexibility index (Phi) is 6.65. The summed E-state index contributed by atoms with van der Waals surface area (Å²) in [6, 6.07) is 11.7. The van der Waals surface area contributed by atoms with E-state index in [1.54, 1.807) is 19.5 Å². The molecule has 27 heavy (non-hydrogen) atoms. The maximum atomic E-state index is 13.0. The summed E-state index contributed by atoms with van der Waals surface area (Å²) in [6.45, 7) is 5.61. The predicted octanol–water partition coefficient (Wildman–Crippen LogP) is 3.61. The molecule has 1 aliphatic heterocycles. The fourth-order valence-corrected chi connectivity index (χ4v) is 3.58. The van der Waals surface area contributed by atoms with Gasteiger partial charge in [-0.1, -0.05) is 6.92 Å². The Balaban J connectivity index is 1.71. The maximum Gasteiger partial charge on any atom is 0.322 e. The molecule has 1 fully saturated rings. The van der Waals surface area contributed by atoms with Crippen LogP contribution in [-0.4, -0.2) is 53.6 Å². The summed E-state index contributed by atoms with van der Waals surface area (Å²) in [7, 11) is 1.63. The molecule has 0 saturated carbocycles. The van der Waals surface area contributed by atoms with Crippen LogP contribution in [0.5, 0.6) is 5.75 Å². The van der Waals surface area contributed by atoms with Crippen molar-refractivity contribution in [2.75, 3.05) is 32.1 Å². The van der Waals surface area contributed by atoms with Crippen LogP contribution < -0.4 is 10.1 Å². The molecule has 6 heteroatoms. The molecule has 6 nitrogen and oxygen atoms in total. The number of methoxy groups -OCH3 is 1. The Morgan fingerprint density at radius 1 is 1.26 bits per heavy atom. The molecule has 1 aliphatic rings. The summed E-state index contributed by atoms with van der Waals surface area (Å²) in [4.78, 5) is 21.4. The number of hydrogen-bond acceptors (Lipinski definition) is 4. The number of carbonyl (C=O) groups is 1. The third-order valence-corrected chi connectivity index (χ3v) is 5.09. The molecule has 0 aliphatic carbocycles. The lowest BCUT2D eigenvalue weighted by Gasteiger charge is -2.30. The van der Waals surface area contributed by atoms with Crippen LogP contribution in [0.1, 0.15) is 25.3 Å². The number of anilines is 1. The van der Waals surface area contributed by atoms with Gasteiger partial charge in [0.05, 0.1) is 7.11 Å². The number of rotatable bonds is 7. The molecule has 1 aromatic carbocycles. The van der Waals surface area contributed by atoms with E-state index < -0.39 is 0 Å². The lowest BCUT2D eigenvalue weighted by Crippen LogP contribution is -2.44. The smallest absolute Gasteiger partial charge is 0.322 e. The minimum atomic E-state index is -0.0834. The first-order chi connectivity index (χ1) is 13.2. The number of ether oxygens (including phenoxy) is 1. The van der Waals surface area contributed by atoms with Crippen molar-refractivity contribution >= 4 is 11.7 Å². The summed E-state index contributed by atoms with van der Waals surface area (Å²) in [5, 5.41) is 3.02. The van der Waals surface area contributed by atoms with Crippen molar-refractivity contribution in [2.24, 2.45) is 0 Å². The van der Waals surface area contributed by atoms with Crippen molar-refractivity contribution < 1.29 is 9.53 Å². The SMILES string of the molecule is CCN1CCC[C@H]1CN(Cc1ccncc1)C(=O)Nc1ccc(OC)cc1. The van der Waals surface area contributed by atoms with Gasteiger partial charge in [-0.3, -0.25) is 9.88 Å². The van der Waals surface area contributed by atoms with E-state index in [1.165, 1.54) is 6.42 Å². The zero-order valence-electron chi connectivity index (χ0n) is 16.1. The summed E-state index contributed by atoms with van der Waals surface area (Å²) in [6.07, 6.45) is 5.86. The fourth-order valence-electron chi connectivity index (χ4n) is 3.58. The van der Waals surface area contributed by atoms with E-state index in [0.717, 1.165) is 43.1 Å². The normalized spacial score (nSPS) is 16.9. The van der Waals surface area contributed by atoms with E-state index in [2.05, 4.69) is 22.1 Å². The zero-order chi connectivity index (χ0) is 19.1. The van der Waals surface area contributed by atoms with E-state index in [4.69, 9.17) is 4.74 Å². The average molecular weight is 368 g/mol. The summed E-state index contributed by atoms with van der Waals surface area (Å²) >= 11 is 0. The van der Waals surface area contributed by atoms with E-state index in [-0.39, 0.29) is 6.03 Å². The van der Waals surface area contributed by atoms with Gasteiger partial charge in [0, 0.05) is 37.2 Å². The molecule has 1 aromatic heterocycles.